The number of hydrogen-bond donors (Lipinski definition) is 0. The van der Waals surface area contributed by atoms with E-state index >= 15 is 0 Å². The van der Waals surface area contributed by atoms with Gasteiger partial charge >= 0.3 is 0 Å². The highest BCUT2D eigenvalue weighted by Crippen LogP contribution is 2.16. The third-order valence-corrected chi connectivity index (χ3v) is 14.5. The Kier molecular flexibility index (Phi) is 50.9. The van der Waals surface area contributed by atoms with Gasteiger partial charge in [0.05, 0.1) is 54.4 Å². The van der Waals surface area contributed by atoms with Crippen LogP contribution in [0.2, 0.25) is 12.1 Å². The van der Waals surface area contributed by atoms with Crippen LogP contribution in [0.4, 0.5) is 0 Å². The van der Waals surface area contributed by atoms with E-state index in [0.29, 0.717) is 0 Å². The predicted octanol–water partition coefficient (Wildman–Crippen LogP) is 16.3. The van der Waals surface area contributed by atoms with E-state index in [9.17, 15) is 0 Å². The van der Waals surface area contributed by atoms with Crippen LogP contribution < -0.4 is 0 Å². The maximum atomic E-state index is 2.35. The molecule has 0 heterocycles. The highest BCUT2D eigenvalue weighted by Gasteiger charge is 2.11. The van der Waals surface area contributed by atoms with Crippen molar-refractivity contribution in [2.75, 3.05) is 54.4 Å². The average molecular weight is 912 g/mol. The molecule has 2 rings (SSSR count). The zero-order chi connectivity index (χ0) is 46.8. The van der Waals surface area contributed by atoms with E-state index in [2.05, 4.69) is 117 Å². The van der Waals surface area contributed by atoms with Gasteiger partial charge in [0.15, 0.2) is 0 Å². The molecule has 4 heteroatoms. The maximum Gasteiger partial charge on any atom is 0.0782 e. The van der Waals surface area contributed by atoms with Gasteiger partial charge in [-0.05, 0) is 63.5 Å². The molecule has 0 saturated heterocycles. The lowest BCUT2D eigenvalue weighted by atomic mass is 10.0. The molecule has 63 heavy (non-hydrogen) atoms. The van der Waals surface area contributed by atoms with E-state index in [-0.39, 0.29) is 0 Å². The van der Waals surface area contributed by atoms with Crippen LogP contribution in [0.1, 0.15) is 238 Å². The number of benzene rings is 2. The van der Waals surface area contributed by atoms with Crippen molar-refractivity contribution < 1.29 is 8.97 Å². The molecular formula is C59H118N2Si2+2. The van der Waals surface area contributed by atoms with Crippen molar-refractivity contribution in [1.82, 2.24) is 0 Å². The van der Waals surface area contributed by atoms with Crippen LogP contribution >= 0.6 is 0 Å². The summed E-state index contributed by atoms with van der Waals surface area (Å²) in [4.78, 5) is 0. The van der Waals surface area contributed by atoms with Crippen molar-refractivity contribution in [2.45, 2.75) is 252 Å². The molecule has 0 fully saturated rings. The minimum absolute atomic E-state index is 1.19. The summed E-state index contributed by atoms with van der Waals surface area (Å²) in [5.74, 6) is 0. The number of hydrogen-bond acceptors (Lipinski definition) is 0. The Morgan fingerprint density at radius 2 is 0.508 bits per heavy atom. The summed E-state index contributed by atoms with van der Waals surface area (Å²) in [5.41, 5.74) is 2.96. The van der Waals surface area contributed by atoms with Crippen LogP contribution in [0.3, 0.4) is 0 Å². The van der Waals surface area contributed by atoms with Gasteiger partial charge in [-0.1, -0.05) is 260 Å². The summed E-state index contributed by atoms with van der Waals surface area (Å²) in [5, 5.41) is 0. The highest BCUT2D eigenvalue weighted by atomic mass is 28.1. The molecule has 2 aromatic carbocycles. The topological polar surface area (TPSA) is 0 Å². The van der Waals surface area contributed by atoms with Crippen molar-refractivity contribution >= 4 is 20.5 Å². The largest absolute Gasteiger partial charge is 0.329 e. The van der Waals surface area contributed by atoms with E-state index in [1.165, 1.54) is 291 Å². The maximum absolute atomic E-state index is 2.35. The second kappa shape index (κ2) is 50.2. The van der Waals surface area contributed by atoms with E-state index in [4.69, 9.17) is 0 Å². The Balaban J connectivity index is 0. The molecule has 0 aliphatic carbocycles. The molecule has 2 aromatic rings. The van der Waals surface area contributed by atoms with E-state index in [1.54, 1.807) is 0 Å². The Morgan fingerprint density at radius 3 is 0.698 bits per heavy atom. The summed E-state index contributed by atoms with van der Waals surface area (Å²) in [6, 6.07) is 24.1. The normalized spacial score (nSPS) is 11.4. The molecule has 370 valence electrons. The van der Waals surface area contributed by atoms with Crippen LogP contribution in [0.15, 0.2) is 60.7 Å². The molecule has 0 unspecified atom stereocenters. The average Bonchev–Trinajstić information content (AvgIpc) is 3.29. The summed E-state index contributed by atoms with van der Waals surface area (Å²) in [7, 11) is 12.1. The summed E-state index contributed by atoms with van der Waals surface area (Å²) in [6.07, 6.45) is 47.8. The van der Waals surface area contributed by atoms with Gasteiger partial charge in [-0.15, -0.1) is 0 Å². The molecule has 0 bridgehead atoms. The van der Waals surface area contributed by atoms with Gasteiger partial charge in [0.1, 0.15) is 0 Å². The minimum Gasteiger partial charge on any atom is -0.329 e. The zero-order valence-corrected chi connectivity index (χ0v) is 49.2. The molecule has 0 aromatic heterocycles. The molecule has 0 N–H and O–H groups in total. The van der Waals surface area contributed by atoms with E-state index in [1.807, 2.05) is 0 Å². The van der Waals surface area contributed by atoms with Crippen molar-refractivity contribution in [2.24, 2.45) is 0 Å². The fraction of sp³-hybridized carbons (Fsp3) is 0.797. The molecule has 0 spiro atoms. The van der Waals surface area contributed by atoms with Crippen LogP contribution in [0.25, 0.3) is 0 Å². The first kappa shape index (κ1) is 63.9. The molecular weight excluding hydrogens is 793 g/mol. The number of nitrogens with zero attached hydrogens (tertiary/aromatic N) is 2. The molecule has 0 radical (unpaired) electrons. The van der Waals surface area contributed by atoms with Gasteiger partial charge in [0.25, 0.3) is 0 Å². The van der Waals surface area contributed by atoms with Crippen molar-refractivity contribution in [1.29, 1.82) is 0 Å². The van der Waals surface area contributed by atoms with E-state index < -0.39 is 0 Å². The predicted molar refractivity (Wildman–Crippen MR) is 299 cm³/mol. The van der Waals surface area contributed by atoms with Gasteiger partial charge in [0.2, 0.25) is 0 Å². The number of unbranched alkanes of at least 4 members (excludes halogenated alkanes) is 29. The van der Waals surface area contributed by atoms with Crippen molar-refractivity contribution in [3.8, 4) is 0 Å². The Morgan fingerprint density at radius 1 is 0.302 bits per heavy atom. The van der Waals surface area contributed by atoms with Crippen LogP contribution in [0.5, 0.6) is 0 Å². The number of rotatable bonds is 39. The summed E-state index contributed by atoms with van der Waals surface area (Å²) >= 11 is 0. The Hall–Kier alpha value is -1.21. The SMILES string of the molecule is CCCCCCCCCCCCCCCCCC[N+](C)(C)CC.CCCCCCCCCCCCCCCCC[N+](C)(C)CC.[SiH3]CCc1ccccc1.[SiH3]CCc1ccccc1. The third-order valence-electron chi connectivity index (χ3n) is 13.5. The Bertz CT molecular complexity index is 1060. The lowest BCUT2D eigenvalue weighted by Gasteiger charge is -2.28. The minimum atomic E-state index is 1.19. The second-order valence-electron chi connectivity index (χ2n) is 20.7. The first-order chi connectivity index (χ1) is 30.6. The molecule has 0 saturated carbocycles. The summed E-state index contributed by atoms with van der Waals surface area (Å²) < 4.78 is 2.39. The van der Waals surface area contributed by atoms with Crippen molar-refractivity contribution in [3.05, 3.63) is 71.8 Å². The fourth-order valence-electron chi connectivity index (χ4n) is 8.18. The first-order valence-electron chi connectivity index (χ1n) is 28.3. The summed E-state index contributed by atoms with van der Waals surface area (Å²) in [6.45, 7) is 14.4. The Labute approximate surface area is 405 Å². The quantitative estimate of drug-likeness (QED) is 0.0356. The standard InChI is InChI=1S/C22H48N.C21H46N.2C8H12Si/c1-5-7-8-9-10-11-12-13-14-15-16-17-18-19-20-21-22-23(3,4)6-2;1-5-7-8-9-10-11-12-13-14-15-16-17-18-19-20-21-22(3,4)6-2;2*9-7-6-8-4-2-1-3-5-8/h5-22H2,1-4H3;5-21H2,1-4H3;2*1-5H,6-7H2,9H3/q2*+1;;. The van der Waals surface area contributed by atoms with Gasteiger partial charge in [-0.2, -0.15) is 0 Å². The fourth-order valence-corrected chi connectivity index (χ4v) is 9.34. The molecule has 0 atom stereocenters. The van der Waals surface area contributed by atoms with Crippen LogP contribution in [0, 0.1) is 0 Å². The van der Waals surface area contributed by atoms with Gasteiger partial charge < -0.3 is 8.97 Å². The smallest absolute Gasteiger partial charge is 0.0782 e. The van der Waals surface area contributed by atoms with Gasteiger partial charge in [-0.3, -0.25) is 0 Å². The first-order valence-corrected chi connectivity index (χ1v) is 31.2. The number of aryl methyl sites for hydroxylation is 2. The van der Waals surface area contributed by atoms with Gasteiger partial charge in [0, 0.05) is 20.5 Å². The lowest BCUT2D eigenvalue weighted by Crippen LogP contribution is -2.39. The molecule has 0 aliphatic heterocycles. The number of quaternary nitrogens is 2. The lowest BCUT2D eigenvalue weighted by molar-refractivity contribution is -0.888. The van der Waals surface area contributed by atoms with Crippen LogP contribution in [-0.4, -0.2) is 83.8 Å². The molecule has 0 aliphatic rings. The molecule has 2 nitrogen and oxygen atoms in total. The highest BCUT2D eigenvalue weighted by molar-refractivity contribution is 6.08. The zero-order valence-electron chi connectivity index (χ0n) is 45.2. The van der Waals surface area contributed by atoms with Crippen LogP contribution in [-0.2, 0) is 12.8 Å². The third kappa shape index (κ3) is 51.6. The molecule has 0 amide bonds. The van der Waals surface area contributed by atoms with E-state index in [0.717, 1.165) is 0 Å². The monoisotopic (exact) mass is 911 g/mol. The van der Waals surface area contributed by atoms with Crippen molar-refractivity contribution in [3.63, 3.8) is 0 Å². The second-order valence-corrected chi connectivity index (χ2v) is 22.7. The van der Waals surface area contributed by atoms with Gasteiger partial charge in [-0.25, -0.2) is 0 Å².